The summed E-state index contributed by atoms with van der Waals surface area (Å²) < 4.78 is 5.10. The highest BCUT2D eigenvalue weighted by molar-refractivity contribution is 5.92. The summed E-state index contributed by atoms with van der Waals surface area (Å²) in [7, 11) is 1.50. The molecule has 138 valence electrons. The van der Waals surface area contributed by atoms with Crippen LogP contribution in [0.4, 0.5) is 5.69 Å². The van der Waals surface area contributed by atoms with Gasteiger partial charge in [-0.3, -0.25) is 4.79 Å². The van der Waals surface area contributed by atoms with Gasteiger partial charge in [-0.25, -0.2) is 0 Å². The van der Waals surface area contributed by atoms with Crippen molar-refractivity contribution >= 4 is 11.6 Å². The molecule has 2 N–H and O–H groups in total. The number of phenolic OH excluding ortho intramolecular Hbond substituents is 1. The highest BCUT2D eigenvalue weighted by Crippen LogP contribution is 2.36. The van der Waals surface area contributed by atoms with Crippen LogP contribution in [-0.2, 0) is 11.2 Å². The Balaban J connectivity index is 1.65. The van der Waals surface area contributed by atoms with Gasteiger partial charge in [-0.05, 0) is 60.1 Å². The molecule has 0 aromatic heterocycles. The lowest BCUT2D eigenvalue weighted by atomic mass is 9.79. The minimum absolute atomic E-state index is 0.0751. The molecule has 26 heavy (non-hydrogen) atoms. The van der Waals surface area contributed by atoms with Crippen LogP contribution < -0.4 is 10.1 Å². The van der Waals surface area contributed by atoms with Gasteiger partial charge in [0.25, 0.3) is 0 Å². The van der Waals surface area contributed by atoms with Gasteiger partial charge in [0.2, 0.25) is 5.91 Å². The molecule has 2 atom stereocenters. The number of phenols is 1. The average Bonchev–Trinajstić information content (AvgIpc) is 2.63. The van der Waals surface area contributed by atoms with Crippen LogP contribution in [0.15, 0.2) is 42.5 Å². The number of carbonyl (C=O) groups is 1. The number of hydrogen-bond acceptors (Lipinski definition) is 3. The molecule has 4 nitrogen and oxygen atoms in total. The Labute approximate surface area is 155 Å². The van der Waals surface area contributed by atoms with E-state index in [0.29, 0.717) is 11.7 Å². The second kappa shape index (κ2) is 8.26. The van der Waals surface area contributed by atoms with Crippen LogP contribution in [0.5, 0.6) is 11.5 Å². The molecular formula is C22H27NO3. The number of methoxy groups -OCH3 is 1. The van der Waals surface area contributed by atoms with E-state index in [9.17, 15) is 9.90 Å². The van der Waals surface area contributed by atoms with E-state index in [2.05, 4.69) is 24.4 Å². The number of carbonyl (C=O) groups excluding carboxylic acids is 1. The third-order valence-electron chi connectivity index (χ3n) is 5.19. The highest BCUT2D eigenvalue weighted by Gasteiger charge is 2.20. The normalized spacial score (nSPS) is 19.8. The molecule has 0 radical (unpaired) electrons. The molecule has 1 fully saturated rings. The monoisotopic (exact) mass is 353 g/mol. The fraction of sp³-hybridized carbons (Fsp3) is 0.409. The molecule has 1 aliphatic rings. The molecule has 2 aromatic carbocycles. The molecule has 1 saturated carbocycles. The highest BCUT2D eigenvalue weighted by atomic mass is 16.5. The fourth-order valence-corrected chi connectivity index (χ4v) is 3.83. The summed E-state index contributed by atoms with van der Waals surface area (Å²) in [5, 5.41) is 12.6. The van der Waals surface area contributed by atoms with Crippen LogP contribution in [0.25, 0.3) is 0 Å². The molecule has 2 aromatic rings. The van der Waals surface area contributed by atoms with E-state index in [-0.39, 0.29) is 18.1 Å². The molecule has 2 unspecified atom stereocenters. The Bertz CT molecular complexity index is 772. The lowest BCUT2D eigenvalue weighted by molar-refractivity contribution is -0.115. The number of nitrogens with one attached hydrogen (secondary N) is 1. The van der Waals surface area contributed by atoms with Gasteiger partial charge in [0.15, 0.2) is 11.5 Å². The lowest BCUT2D eigenvalue weighted by Crippen LogP contribution is -2.15. The first-order valence-corrected chi connectivity index (χ1v) is 9.31. The van der Waals surface area contributed by atoms with Crippen LogP contribution in [0.3, 0.4) is 0 Å². The summed E-state index contributed by atoms with van der Waals surface area (Å²) >= 11 is 0. The minimum Gasteiger partial charge on any atom is -0.504 e. The van der Waals surface area contributed by atoms with Crippen molar-refractivity contribution in [2.24, 2.45) is 5.92 Å². The molecule has 0 heterocycles. The van der Waals surface area contributed by atoms with Gasteiger partial charge in [0.05, 0.1) is 13.5 Å². The largest absolute Gasteiger partial charge is 0.504 e. The predicted molar refractivity (Wildman–Crippen MR) is 104 cm³/mol. The first kappa shape index (κ1) is 18.3. The average molecular weight is 353 g/mol. The van der Waals surface area contributed by atoms with E-state index in [4.69, 9.17) is 4.74 Å². The molecule has 1 aliphatic carbocycles. The number of aromatic hydroxyl groups is 1. The van der Waals surface area contributed by atoms with E-state index in [0.717, 1.165) is 17.2 Å². The molecule has 0 saturated heterocycles. The Hall–Kier alpha value is -2.49. The van der Waals surface area contributed by atoms with Gasteiger partial charge in [0.1, 0.15) is 0 Å². The zero-order chi connectivity index (χ0) is 18.5. The van der Waals surface area contributed by atoms with E-state index in [1.807, 2.05) is 12.1 Å². The van der Waals surface area contributed by atoms with Crippen molar-refractivity contribution in [3.8, 4) is 11.5 Å². The summed E-state index contributed by atoms with van der Waals surface area (Å²) in [5.74, 6) is 1.75. The second-order valence-electron chi connectivity index (χ2n) is 7.33. The zero-order valence-corrected chi connectivity index (χ0v) is 15.5. The van der Waals surface area contributed by atoms with Crippen molar-refractivity contribution in [1.82, 2.24) is 0 Å². The van der Waals surface area contributed by atoms with Crippen molar-refractivity contribution in [3.05, 3.63) is 53.6 Å². The van der Waals surface area contributed by atoms with E-state index < -0.39 is 0 Å². The maximum absolute atomic E-state index is 12.4. The third-order valence-corrected chi connectivity index (χ3v) is 5.19. The maximum Gasteiger partial charge on any atom is 0.228 e. The van der Waals surface area contributed by atoms with E-state index >= 15 is 0 Å². The van der Waals surface area contributed by atoms with Gasteiger partial charge in [0, 0.05) is 5.69 Å². The van der Waals surface area contributed by atoms with Gasteiger partial charge in [-0.2, -0.15) is 0 Å². The molecule has 1 amide bonds. The van der Waals surface area contributed by atoms with E-state index in [1.54, 1.807) is 18.2 Å². The molecule has 4 heteroatoms. The summed E-state index contributed by atoms with van der Waals surface area (Å²) in [6, 6.07) is 13.2. The van der Waals surface area contributed by atoms with Gasteiger partial charge >= 0.3 is 0 Å². The maximum atomic E-state index is 12.4. The standard InChI is InChI=1S/C22H27NO3/c1-15-5-3-6-17(11-15)18-7-4-8-19(14-18)23-22(25)13-16-9-10-20(24)21(12-16)26-2/h4,7-10,12,14-15,17,24H,3,5-6,11,13H2,1-2H3,(H,23,25). The first-order valence-electron chi connectivity index (χ1n) is 9.31. The minimum atomic E-state index is -0.0769. The number of amides is 1. The summed E-state index contributed by atoms with van der Waals surface area (Å²) in [6.07, 6.45) is 5.30. The summed E-state index contributed by atoms with van der Waals surface area (Å²) in [6.45, 7) is 2.32. The van der Waals surface area contributed by atoms with Gasteiger partial charge in [-0.15, -0.1) is 0 Å². The van der Waals surface area contributed by atoms with Crippen LogP contribution in [0.2, 0.25) is 0 Å². The topological polar surface area (TPSA) is 58.6 Å². The number of anilines is 1. The number of benzene rings is 2. The van der Waals surface area contributed by atoms with Crippen molar-refractivity contribution < 1.29 is 14.6 Å². The molecule has 0 spiro atoms. The van der Waals surface area contributed by atoms with Crippen LogP contribution in [-0.4, -0.2) is 18.1 Å². The predicted octanol–water partition coefficient (Wildman–Crippen LogP) is 4.88. The molecule has 0 aliphatic heterocycles. The Morgan fingerprint density at radius 1 is 1.23 bits per heavy atom. The fourth-order valence-electron chi connectivity index (χ4n) is 3.83. The van der Waals surface area contributed by atoms with Crippen LogP contribution in [0, 0.1) is 5.92 Å². The summed E-state index contributed by atoms with van der Waals surface area (Å²) in [5.41, 5.74) is 2.96. The SMILES string of the molecule is COc1cc(CC(=O)Nc2cccc(C3CCCC(C)C3)c2)ccc1O. The number of ether oxygens (including phenoxy) is 1. The quantitative estimate of drug-likeness (QED) is 0.806. The Kier molecular flexibility index (Phi) is 5.82. The van der Waals surface area contributed by atoms with Gasteiger partial charge in [-0.1, -0.05) is 38.0 Å². The van der Waals surface area contributed by atoms with Crippen LogP contribution >= 0.6 is 0 Å². The van der Waals surface area contributed by atoms with Gasteiger partial charge < -0.3 is 15.2 Å². The second-order valence-corrected chi connectivity index (χ2v) is 7.33. The van der Waals surface area contributed by atoms with Crippen molar-refractivity contribution in [2.75, 3.05) is 12.4 Å². The number of rotatable bonds is 5. The Morgan fingerprint density at radius 2 is 2.08 bits per heavy atom. The lowest BCUT2D eigenvalue weighted by Gasteiger charge is -2.27. The third kappa shape index (κ3) is 4.57. The summed E-state index contributed by atoms with van der Waals surface area (Å²) in [4.78, 5) is 12.4. The van der Waals surface area contributed by atoms with E-state index in [1.165, 1.54) is 38.4 Å². The van der Waals surface area contributed by atoms with Crippen LogP contribution in [0.1, 0.15) is 49.7 Å². The molecule has 3 rings (SSSR count). The van der Waals surface area contributed by atoms with Crippen molar-refractivity contribution in [2.45, 2.75) is 44.9 Å². The molecular weight excluding hydrogens is 326 g/mol. The number of hydrogen-bond donors (Lipinski definition) is 2. The zero-order valence-electron chi connectivity index (χ0n) is 15.5. The van der Waals surface area contributed by atoms with Crippen molar-refractivity contribution in [1.29, 1.82) is 0 Å². The molecule has 0 bridgehead atoms. The smallest absolute Gasteiger partial charge is 0.228 e. The Morgan fingerprint density at radius 3 is 2.85 bits per heavy atom. The van der Waals surface area contributed by atoms with Crippen molar-refractivity contribution in [3.63, 3.8) is 0 Å². The first-order chi connectivity index (χ1) is 12.5.